The predicted octanol–water partition coefficient (Wildman–Crippen LogP) is 32.2. The lowest BCUT2D eigenvalue weighted by atomic mass is 9.91. The summed E-state index contributed by atoms with van der Waals surface area (Å²) in [6, 6.07) is 145. The van der Waals surface area contributed by atoms with Gasteiger partial charge < -0.3 is 0 Å². The van der Waals surface area contributed by atoms with Crippen LogP contribution >= 0.6 is 45.3 Å². The molecule has 118 heavy (non-hydrogen) atoms. The molecule has 0 saturated heterocycles. The zero-order valence-corrected chi connectivity index (χ0v) is 66.8. The van der Waals surface area contributed by atoms with E-state index in [4.69, 9.17) is 19.9 Å². The van der Waals surface area contributed by atoms with E-state index in [2.05, 4.69) is 394 Å². The number of benzene rings is 18. The molecule has 550 valence electrons. The number of fused-ring (bicyclic) bond motifs is 16. The molecule has 0 bridgehead atoms. The van der Waals surface area contributed by atoms with Gasteiger partial charge in [0.1, 0.15) is 0 Å². The molecule has 0 spiro atoms. The summed E-state index contributed by atoms with van der Waals surface area (Å²) in [4.78, 5) is 21.4. The number of aromatic nitrogens is 4. The second kappa shape index (κ2) is 28.9. The maximum Gasteiger partial charge on any atom is 0.161 e. The van der Waals surface area contributed by atoms with E-state index in [9.17, 15) is 0 Å². The van der Waals surface area contributed by atoms with Crippen molar-refractivity contribution in [2.75, 3.05) is 0 Å². The molecule has 0 unspecified atom stereocenters. The summed E-state index contributed by atoms with van der Waals surface area (Å²) in [7, 11) is 0. The Morgan fingerprint density at radius 1 is 0.136 bits per heavy atom. The van der Waals surface area contributed by atoms with Crippen LogP contribution in [0.3, 0.4) is 0 Å². The molecule has 8 heteroatoms. The summed E-state index contributed by atoms with van der Waals surface area (Å²) in [5.74, 6) is 1.41. The summed E-state index contributed by atoms with van der Waals surface area (Å²) in [5.41, 5.74) is 21.4. The van der Waals surface area contributed by atoms with Crippen molar-refractivity contribution in [1.29, 1.82) is 0 Å². The van der Waals surface area contributed by atoms with Crippen LogP contribution in [-0.4, -0.2) is 19.9 Å². The molecular formula is C110H66N4S4. The zero-order chi connectivity index (χ0) is 77.7. The number of hydrogen-bond donors (Lipinski definition) is 0. The molecule has 0 amide bonds. The molecule has 0 aliphatic carbocycles. The van der Waals surface area contributed by atoms with Crippen LogP contribution in [0.2, 0.25) is 0 Å². The molecule has 0 aliphatic heterocycles. The fourth-order valence-electron chi connectivity index (χ4n) is 17.4. The Bertz CT molecular complexity index is 8130. The van der Waals surface area contributed by atoms with Gasteiger partial charge in [0, 0.05) is 114 Å². The highest BCUT2D eigenvalue weighted by molar-refractivity contribution is 7.27. The lowest BCUT2D eigenvalue weighted by Crippen LogP contribution is -1.98. The van der Waals surface area contributed by atoms with E-state index >= 15 is 0 Å². The van der Waals surface area contributed by atoms with Crippen molar-refractivity contribution in [2.45, 2.75) is 0 Å². The van der Waals surface area contributed by atoms with Crippen LogP contribution in [0.25, 0.3) is 236 Å². The van der Waals surface area contributed by atoms with Gasteiger partial charge in [-0.15, -0.1) is 45.3 Å². The van der Waals surface area contributed by atoms with Gasteiger partial charge in [-0.05, 0) is 191 Å². The van der Waals surface area contributed by atoms with Crippen LogP contribution in [0.5, 0.6) is 0 Å². The van der Waals surface area contributed by atoms with Gasteiger partial charge in [-0.25, -0.2) is 19.9 Å². The monoisotopic (exact) mass is 1570 g/mol. The topological polar surface area (TPSA) is 51.6 Å². The summed E-state index contributed by atoms with van der Waals surface area (Å²) < 4.78 is 10.4. The summed E-state index contributed by atoms with van der Waals surface area (Å²) in [6.07, 6.45) is 0. The van der Waals surface area contributed by atoms with Crippen molar-refractivity contribution < 1.29 is 0 Å². The summed E-state index contributed by atoms with van der Waals surface area (Å²) in [6.45, 7) is 0. The third-order valence-corrected chi connectivity index (χ3v) is 27.8. The molecule has 24 aromatic rings. The fourth-order valence-corrected chi connectivity index (χ4v) is 21.8. The van der Waals surface area contributed by atoms with Gasteiger partial charge in [0.2, 0.25) is 0 Å². The first kappa shape index (κ1) is 69.3. The van der Waals surface area contributed by atoms with Crippen LogP contribution in [0, 0.1) is 0 Å². The standard InChI is InChI=1S/C60H36N2S2.C50H30N2S2/c1-2-12-39(13-3-1)60-61-54(38-24-22-37(23-25-38)50-34-42-14-4-5-15-44(42)46-16-6-7-17-47(46)50)36-55(62-60)51-32-40(41-27-30-58-52(33-41)48-18-8-10-20-56(48)63-58)26-29-45(51)43-28-31-59-53(35-43)49-19-9-11-21-57(49)64-59;1-2-12-32(13-3-1)44-30-45(52-50(51-44)40-18-10-14-31-11-4-5-15-36(31)40)41-27-33(34-22-25-48-42(28-34)38-16-6-8-19-46(38)53-48)21-24-37(41)35-23-26-49-43(29-35)39-17-7-9-20-47(39)54-49/h1-36H;1-30H. The smallest absolute Gasteiger partial charge is 0.161 e. The maximum absolute atomic E-state index is 5.45. The van der Waals surface area contributed by atoms with Crippen molar-refractivity contribution in [3.8, 4) is 123 Å². The van der Waals surface area contributed by atoms with Crippen LogP contribution in [-0.2, 0) is 0 Å². The summed E-state index contributed by atoms with van der Waals surface area (Å²) in [5, 5.41) is 17.6. The van der Waals surface area contributed by atoms with E-state index in [0.717, 1.165) is 89.4 Å². The largest absolute Gasteiger partial charge is 0.228 e. The lowest BCUT2D eigenvalue weighted by Gasteiger charge is -2.16. The van der Waals surface area contributed by atoms with Crippen molar-refractivity contribution >= 4 is 158 Å². The molecule has 0 saturated carbocycles. The molecule has 0 radical (unpaired) electrons. The molecule has 0 aliphatic rings. The number of rotatable bonds is 11. The van der Waals surface area contributed by atoms with Gasteiger partial charge in [0.05, 0.1) is 22.8 Å². The average molecular weight is 1570 g/mol. The molecular weight excluding hydrogens is 1510 g/mol. The highest BCUT2D eigenvalue weighted by Gasteiger charge is 2.23. The first-order valence-corrected chi connectivity index (χ1v) is 43.0. The third-order valence-electron chi connectivity index (χ3n) is 23.2. The van der Waals surface area contributed by atoms with Gasteiger partial charge in [0.25, 0.3) is 0 Å². The first-order valence-electron chi connectivity index (χ1n) is 39.8. The van der Waals surface area contributed by atoms with Crippen LogP contribution < -0.4 is 0 Å². The van der Waals surface area contributed by atoms with E-state index in [0.29, 0.717) is 11.6 Å². The van der Waals surface area contributed by atoms with E-state index < -0.39 is 0 Å². The van der Waals surface area contributed by atoms with Crippen LogP contribution in [0.4, 0.5) is 0 Å². The Morgan fingerprint density at radius 3 is 0.975 bits per heavy atom. The average Bonchev–Trinajstić information content (AvgIpc) is 1.63. The molecule has 6 aromatic heterocycles. The molecule has 0 N–H and O–H groups in total. The fraction of sp³-hybridized carbons (Fsp3) is 0. The van der Waals surface area contributed by atoms with Crippen molar-refractivity contribution in [3.63, 3.8) is 0 Å². The van der Waals surface area contributed by atoms with Gasteiger partial charge in [-0.2, -0.15) is 0 Å². The quantitative estimate of drug-likeness (QED) is 0.121. The summed E-state index contributed by atoms with van der Waals surface area (Å²) >= 11 is 7.40. The molecule has 18 aromatic carbocycles. The van der Waals surface area contributed by atoms with Crippen LogP contribution in [0.15, 0.2) is 400 Å². The first-order chi connectivity index (χ1) is 58.4. The zero-order valence-electron chi connectivity index (χ0n) is 63.5. The van der Waals surface area contributed by atoms with E-state index in [-0.39, 0.29) is 0 Å². The second-order valence-corrected chi connectivity index (χ2v) is 34.5. The van der Waals surface area contributed by atoms with Crippen molar-refractivity contribution in [2.24, 2.45) is 0 Å². The van der Waals surface area contributed by atoms with Gasteiger partial charge >= 0.3 is 0 Å². The highest BCUT2D eigenvalue weighted by Crippen LogP contribution is 2.47. The lowest BCUT2D eigenvalue weighted by molar-refractivity contribution is 1.18. The second-order valence-electron chi connectivity index (χ2n) is 30.2. The minimum atomic E-state index is 0.694. The third kappa shape index (κ3) is 12.4. The Labute approximate surface area is 696 Å². The van der Waals surface area contributed by atoms with Crippen LogP contribution in [0.1, 0.15) is 0 Å². The predicted molar refractivity (Wildman–Crippen MR) is 508 cm³/mol. The Balaban J connectivity index is 0.000000140. The number of thiophene rings is 4. The number of nitrogens with zero attached hydrogens (tertiary/aromatic N) is 4. The molecule has 6 heterocycles. The Hall–Kier alpha value is -14.2. The minimum absolute atomic E-state index is 0.694. The SMILES string of the molecule is c1ccc(-c2cc(-c3cc(-c4ccc5sc6ccccc6c5c4)ccc3-c3ccc4sc5ccccc5c4c3)nc(-c3cccc4ccccc34)n2)cc1.c1ccc(-c2nc(-c3ccc(-c4cc5ccccc5c5ccccc45)cc3)cc(-c3cc(-c4ccc5sc6ccccc6c5c4)ccc3-c3ccc4sc5ccccc5c4c3)n2)cc1. The normalized spacial score (nSPS) is 11.7. The minimum Gasteiger partial charge on any atom is -0.228 e. The van der Waals surface area contributed by atoms with E-state index in [1.807, 2.05) is 51.4 Å². The van der Waals surface area contributed by atoms with E-state index in [1.54, 1.807) is 0 Å². The Morgan fingerprint density at radius 2 is 0.466 bits per heavy atom. The molecule has 24 rings (SSSR count). The van der Waals surface area contributed by atoms with Crippen molar-refractivity contribution in [1.82, 2.24) is 19.9 Å². The Kier molecular flexibility index (Phi) is 17.0. The molecule has 4 nitrogen and oxygen atoms in total. The maximum atomic E-state index is 5.45. The van der Waals surface area contributed by atoms with Gasteiger partial charge in [-0.1, -0.05) is 297 Å². The van der Waals surface area contributed by atoms with Crippen molar-refractivity contribution in [3.05, 3.63) is 400 Å². The van der Waals surface area contributed by atoms with E-state index in [1.165, 1.54) is 135 Å². The number of hydrogen-bond acceptors (Lipinski definition) is 8. The van der Waals surface area contributed by atoms with Gasteiger partial charge in [-0.3, -0.25) is 0 Å². The highest BCUT2D eigenvalue weighted by atomic mass is 32.1. The van der Waals surface area contributed by atoms with Gasteiger partial charge in [0.15, 0.2) is 11.6 Å². The molecule has 0 atom stereocenters. The molecule has 0 fully saturated rings.